The van der Waals surface area contributed by atoms with Gasteiger partial charge in [0.2, 0.25) is 11.8 Å². The van der Waals surface area contributed by atoms with Crippen molar-refractivity contribution >= 4 is 23.5 Å². The summed E-state index contributed by atoms with van der Waals surface area (Å²) in [6.45, 7) is 5.95. The summed E-state index contributed by atoms with van der Waals surface area (Å²) in [5, 5.41) is 30.4. The molecule has 1 atom stereocenters. The summed E-state index contributed by atoms with van der Waals surface area (Å²) in [7, 11) is 0. The predicted molar refractivity (Wildman–Crippen MR) is 125 cm³/mol. The fourth-order valence-electron chi connectivity index (χ4n) is 3.68. The molecule has 1 amide bonds. The molecule has 34 heavy (non-hydrogen) atoms. The van der Waals surface area contributed by atoms with Gasteiger partial charge in [-0.3, -0.25) is 15.1 Å². The molecule has 1 fully saturated rings. The lowest BCUT2D eigenvalue weighted by molar-refractivity contribution is -0.384. The van der Waals surface area contributed by atoms with E-state index in [1.807, 2.05) is 20.8 Å². The maximum atomic E-state index is 12.0. The van der Waals surface area contributed by atoms with Crippen LogP contribution in [0.25, 0.3) is 0 Å². The smallest absolute Gasteiger partial charge is 0.407 e. The van der Waals surface area contributed by atoms with Gasteiger partial charge in [0, 0.05) is 30.5 Å². The lowest BCUT2D eigenvalue weighted by atomic mass is 9.86. The lowest BCUT2D eigenvalue weighted by Crippen LogP contribution is -2.41. The minimum Gasteiger partial charge on any atom is -0.444 e. The maximum Gasteiger partial charge on any atom is 0.407 e. The van der Waals surface area contributed by atoms with Crippen LogP contribution in [0.3, 0.4) is 0 Å². The number of hydrogen-bond acceptors (Lipinski definition) is 10. The number of carbonyl (C=O) groups is 1. The van der Waals surface area contributed by atoms with E-state index in [2.05, 4.69) is 30.9 Å². The van der Waals surface area contributed by atoms with Crippen LogP contribution >= 0.6 is 0 Å². The number of aliphatic hydroxyl groups excluding tert-OH is 1. The molecule has 2 aromatic heterocycles. The summed E-state index contributed by atoms with van der Waals surface area (Å²) in [6.07, 6.45) is 5.93. The number of pyridine rings is 1. The summed E-state index contributed by atoms with van der Waals surface area (Å²) in [4.78, 5) is 34.9. The molecule has 12 heteroatoms. The summed E-state index contributed by atoms with van der Waals surface area (Å²) in [5.74, 6) is 0.397. The van der Waals surface area contributed by atoms with Gasteiger partial charge in [-0.25, -0.2) is 9.78 Å². The van der Waals surface area contributed by atoms with E-state index < -0.39 is 22.8 Å². The van der Waals surface area contributed by atoms with Crippen molar-refractivity contribution in [2.45, 2.75) is 64.3 Å². The number of hydrogen-bond donors (Lipinski definition) is 4. The molecule has 3 rings (SSSR count). The van der Waals surface area contributed by atoms with Crippen LogP contribution in [0.1, 0.15) is 58.2 Å². The van der Waals surface area contributed by atoms with E-state index in [0.717, 1.165) is 31.9 Å². The van der Waals surface area contributed by atoms with Crippen molar-refractivity contribution in [1.82, 2.24) is 20.3 Å². The first-order chi connectivity index (χ1) is 16.1. The number of nitrogens with zero attached hydrogens (tertiary/aromatic N) is 4. The number of nitro groups is 1. The van der Waals surface area contributed by atoms with E-state index >= 15 is 0 Å². The largest absolute Gasteiger partial charge is 0.444 e. The topological polar surface area (TPSA) is 164 Å². The van der Waals surface area contributed by atoms with Crippen LogP contribution in [0, 0.1) is 16.0 Å². The summed E-state index contributed by atoms with van der Waals surface area (Å²) >= 11 is 0. The van der Waals surface area contributed by atoms with Crippen LogP contribution in [0.2, 0.25) is 0 Å². The third-order valence-electron chi connectivity index (χ3n) is 5.36. The number of anilines is 2. The number of rotatable bonds is 8. The Morgan fingerprint density at radius 2 is 2.03 bits per heavy atom. The number of amides is 1. The van der Waals surface area contributed by atoms with Gasteiger partial charge in [-0.2, -0.15) is 4.98 Å². The van der Waals surface area contributed by atoms with Crippen LogP contribution < -0.4 is 16.0 Å². The fraction of sp³-hybridized carbons (Fsp3) is 0.545. The molecule has 0 aliphatic heterocycles. The monoisotopic (exact) mass is 473 g/mol. The Morgan fingerprint density at radius 1 is 1.29 bits per heavy atom. The first-order valence-corrected chi connectivity index (χ1v) is 11.2. The highest BCUT2D eigenvalue weighted by molar-refractivity contribution is 5.68. The molecule has 1 aliphatic carbocycles. The van der Waals surface area contributed by atoms with E-state index in [1.165, 1.54) is 6.20 Å². The van der Waals surface area contributed by atoms with Gasteiger partial charge < -0.3 is 25.8 Å². The molecular weight excluding hydrogens is 442 g/mol. The zero-order valence-corrected chi connectivity index (χ0v) is 19.5. The van der Waals surface area contributed by atoms with Gasteiger partial charge in [0.25, 0.3) is 0 Å². The van der Waals surface area contributed by atoms with Crippen molar-refractivity contribution in [2.75, 3.05) is 17.2 Å². The lowest BCUT2D eigenvalue weighted by Gasteiger charge is -2.30. The Hall–Kier alpha value is -3.54. The zero-order chi connectivity index (χ0) is 24.7. The molecule has 184 valence electrons. The molecule has 0 bridgehead atoms. The molecule has 0 aromatic carbocycles. The third kappa shape index (κ3) is 7.51. The van der Waals surface area contributed by atoms with Gasteiger partial charge in [0.1, 0.15) is 11.8 Å². The van der Waals surface area contributed by atoms with Gasteiger partial charge in [0.05, 0.1) is 4.92 Å². The molecule has 2 aromatic rings. The summed E-state index contributed by atoms with van der Waals surface area (Å²) in [5.41, 5.74) is -0.281. The average Bonchev–Trinajstić information content (AvgIpc) is 2.78. The Morgan fingerprint density at radius 3 is 2.65 bits per heavy atom. The van der Waals surface area contributed by atoms with E-state index in [-0.39, 0.29) is 29.4 Å². The number of alkyl carbamates (subject to hydrolysis) is 1. The second-order valence-corrected chi connectivity index (χ2v) is 9.26. The van der Waals surface area contributed by atoms with Gasteiger partial charge in [-0.1, -0.05) is 6.07 Å². The zero-order valence-electron chi connectivity index (χ0n) is 19.5. The Kier molecular flexibility index (Phi) is 8.16. The molecule has 1 unspecified atom stereocenters. The molecule has 12 nitrogen and oxygen atoms in total. The van der Waals surface area contributed by atoms with E-state index in [9.17, 15) is 20.0 Å². The van der Waals surface area contributed by atoms with Gasteiger partial charge in [-0.05, 0) is 58.4 Å². The maximum absolute atomic E-state index is 12.0. The highest BCUT2D eigenvalue weighted by Crippen LogP contribution is 2.28. The number of ether oxygens (including phenoxy) is 1. The van der Waals surface area contributed by atoms with E-state index in [4.69, 9.17) is 4.74 Å². The molecule has 4 N–H and O–H groups in total. The highest BCUT2D eigenvalue weighted by Gasteiger charge is 2.26. The van der Waals surface area contributed by atoms with Crippen molar-refractivity contribution < 1.29 is 19.6 Å². The Balaban J connectivity index is 1.55. The number of nitrogens with one attached hydrogen (secondary N) is 3. The first-order valence-electron chi connectivity index (χ1n) is 11.2. The number of aromatic nitrogens is 3. The van der Waals surface area contributed by atoms with Gasteiger partial charge >= 0.3 is 11.8 Å². The SMILES string of the molecule is CC(C)(C)OC(=O)NC1CCC(CNc2nc(NC(O)c3cccnc3)ncc2[N+](=O)[O-])CC1. The minimum absolute atomic E-state index is 0.0456. The normalized spacial score (nSPS) is 19.1. The highest BCUT2D eigenvalue weighted by atomic mass is 16.6. The van der Waals surface area contributed by atoms with E-state index in [1.54, 1.807) is 18.3 Å². The number of carbonyl (C=O) groups excluding carboxylic acids is 1. The van der Waals surface area contributed by atoms with Crippen molar-refractivity contribution in [3.8, 4) is 0 Å². The van der Waals surface area contributed by atoms with Crippen molar-refractivity contribution in [1.29, 1.82) is 0 Å². The standard InChI is InChI=1S/C22H31N7O5/c1-22(2,3)34-21(31)26-16-8-6-14(7-9-16)11-24-18-17(29(32)33)13-25-20(27-18)28-19(30)15-5-4-10-23-12-15/h4-5,10,12-14,16,19,30H,6-9,11H2,1-3H3,(H,26,31)(H2,24,25,27,28). The second kappa shape index (κ2) is 11.1. The van der Waals surface area contributed by atoms with Crippen LogP contribution in [0.15, 0.2) is 30.7 Å². The van der Waals surface area contributed by atoms with Crippen LogP contribution in [0.4, 0.5) is 22.2 Å². The summed E-state index contributed by atoms with van der Waals surface area (Å²) in [6, 6.07) is 3.41. The van der Waals surface area contributed by atoms with Gasteiger partial charge in [-0.15, -0.1) is 0 Å². The van der Waals surface area contributed by atoms with Crippen molar-refractivity contribution in [3.05, 3.63) is 46.4 Å². The quantitative estimate of drug-likeness (QED) is 0.254. The first kappa shape index (κ1) is 25.1. The molecule has 0 saturated heterocycles. The van der Waals surface area contributed by atoms with Crippen LogP contribution in [0.5, 0.6) is 0 Å². The molecule has 1 saturated carbocycles. The van der Waals surface area contributed by atoms with Crippen LogP contribution in [-0.2, 0) is 4.74 Å². The van der Waals surface area contributed by atoms with E-state index in [0.29, 0.717) is 12.1 Å². The average molecular weight is 474 g/mol. The molecule has 0 radical (unpaired) electrons. The summed E-state index contributed by atoms with van der Waals surface area (Å²) < 4.78 is 5.31. The molecular formula is C22H31N7O5. The molecule has 1 aliphatic rings. The molecule has 0 spiro atoms. The Labute approximate surface area is 197 Å². The second-order valence-electron chi connectivity index (χ2n) is 9.26. The number of aliphatic hydroxyl groups is 1. The minimum atomic E-state index is -1.12. The van der Waals surface area contributed by atoms with Crippen LogP contribution in [-0.4, -0.2) is 49.3 Å². The molecule has 2 heterocycles. The van der Waals surface area contributed by atoms with Crippen molar-refractivity contribution in [3.63, 3.8) is 0 Å². The van der Waals surface area contributed by atoms with Crippen molar-refractivity contribution in [2.24, 2.45) is 5.92 Å². The predicted octanol–water partition coefficient (Wildman–Crippen LogP) is 3.38. The Bertz CT molecular complexity index is 975. The van der Waals surface area contributed by atoms with Gasteiger partial charge in [0.15, 0.2) is 6.23 Å². The fourth-order valence-corrected chi connectivity index (χ4v) is 3.68. The third-order valence-corrected chi connectivity index (χ3v) is 5.36.